The smallest absolute Gasteiger partial charge is 0.276 e. The molecule has 0 radical (unpaired) electrons. The van der Waals surface area contributed by atoms with E-state index in [1.54, 1.807) is 47.6 Å². The van der Waals surface area contributed by atoms with Crippen LogP contribution in [-0.2, 0) is 16.1 Å². The second kappa shape index (κ2) is 9.64. The first-order chi connectivity index (χ1) is 18.9. The van der Waals surface area contributed by atoms with E-state index in [1.807, 2.05) is 4.90 Å². The van der Waals surface area contributed by atoms with E-state index < -0.39 is 11.9 Å². The zero-order chi connectivity index (χ0) is 27.1. The standard InChI is InChI=1S/C26H23N9O4/c27-13-16-2-1-7-28-23(16)32-8-10-33(11-9-32)26(39)20-15-35(31-30-20)18-3-4-19-17(12-18)14-34(25(19)38)21-5-6-22(36)29-24(21)37/h1-4,7,12,15,21H,5-6,8-11,14H2,(H,29,36,37). The molecule has 3 aliphatic rings. The molecule has 5 heterocycles. The Balaban J connectivity index is 1.13. The maximum absolute atomic E-state index is 13.1. The molecule has 3 aromatic rings. The number of benzene rings is 1. The van der Waals surface area contributed by atoms with E-state index in [-0.39, 0.29) is 36.4 Å². The third-order valence-electron chi connectivity index (χ3n) is 7.26. The van der Waals surface area contributed by atoms with Crippen LogP contribution in [0.3, 0.4) is 0 Å². The minimum absolute atomic E-state index is 0.191. The molecule has 1 unspecified atom stereocenters. The van der Waals surface area contributed by atoms with Gasteiger partial charge in [-0.1, -0.05) is 5.21 Å². The molecule has 13 heteroatoms. The Kier molecular flexibility index (Phi) is 5.99. The number of fused-ring (bicyclic) bond motifs is 1. The van der Waals surface area contributed by atoms with Gasteiger partial charge in [0.15, 0.2) is 5.69 Å². The fourth-order valence-electron chi connectivity index (χ4n) is 5.21. The molecule has 2 fully saturated rings. The highest BCUT2D eigenvalue weighted by atomic mass is 16.2. The number of imide groups is 1. The van der Waals surface area contributed by atoms with Gasteiger partial charge in [-0.05, 0) is 42.3 Å². The van der Waals surface area contributed by atoms with Crippen molar-refractivity contribution in [1.29, 1.82) is 5.26 Å². The number of carbonyl (C=O) groups excluding carboxylic acids is 4. The van der Waals surface area contributed by atoms with Crippen molar-refractivity contribution < 1.29 is 19.2 Å². The minimum Gasteiger partial charge on any atom is -0.352 e. The Morgan fingerprint density at radius 3 is 2.69 bits per heavy atom. The van der Waals surface area contributed by atoms with Gasteiger partial charge in [0, 0.05) is 50.9 Å². The molecule has 0 saturated carbocycles. The van der Waals surface area contributed by atoms with Crippen LogP contribution in [0.5, 0.6) is 0 Å². The summed E-state index contributed by atoms with van der Waals surface area (Å²) < 4.78 is 1.48. The molecule has 1 N–H and O–H groups in total. The molecule has 0 spiro atoms. The van der Waals surface area contributed by atoms with Crippen LogP contribution in [0, 0.1) is 11.3 Å². The largest absolute Gasteiger partial charge is 0.352 e. The number of amides is 4. The highest BCUT2D eigenvalue weighted by molar-refractivity contribution is 6.05. The molecule has 0 aliphatic carbocycles. The van der Waals surface area contributed by atoms with E-state index in [0.29, 0.717) is 55.2 Å². The first kappa shape index (κ1) is 24.2. The summed E-state index contributed by atoms with van der Waals surface area (Å²) in [6, 6.07) is 10.1. The Morgan fingerprint density at radius 2 is 1.92 bits per heavy atom. The second-order valence-electron chi connectivity index (χ2n) is 9.56. The maximum atomic E-state index is 13.1. The molecule has 39 heavy (non-hydrogen) atoms. The van der Waals surface area contributed by atoms with Gasteiger partial charge in [-0.25, -0.2) is 9.67 Å². The summed E-state index contributed by atoms with van der Waals surface area (Å²) in [5.41, 5.74) is 2.54. The van der Waals surface area contributed by atoms with Crippen molar-refractivity contribution in [1.82, 2.24) is 35.1 Å². The van der Waals surface area contributed by atoms with Gasteiger partial charge in [-0.2, -0.15) is 5.26 Å². The molecule has 3 aliphatic heterocycles. The average molecular weight is 526 g/mol. The van der Waals surface area contributed by atoms with E-state index in [9.17, 15) is 24.4 Å². The average Bonchev–Trinajstić information content (AvgIpc) is 3.58. The highest BCUT2D eigenvalue weighted by Crippen LogP contribution is 2.29. The van der Waals surface area contributed by atoms with Gasteiger partial charge in [0.25, 0.3) is 11.8 Å². The third kappa shape index (κ3) is 4.35. The summed E-state index contributed by atoms with van der Waals surface area (Å²) in [7, 11) is 0. The number of aromatic nitrogens is 4. The van der Waals surface area contributed by atoms with Crippen LogP contribution in [0.4, 0.5) is 5.82 Å². The summed E-state index contributed by atoms with van der Waals surface area (Å²) in [4.78, 5) is 59.3. The maximum Gasteiger partial charge on any atom is 0.276 e. The molecular weight excluding hydrogens is 502 g/mol. The van der Waals surface area contributed by atoms with Crippen LogP contribution in [0.1, 0.15) is 44.8 Å². The fourth-order valence-corrected chi connectivity index (χ4v) is 5.21. The number of piperidine rings is 1. The van der Waals surface area contributed by atoms with E-state index in [2.05, 4.69) is 26.7 Å². The predicted molar refractivity (Wildman–Crippen MR) is 134 cm³/mol. The number of nitrogens with one attached hydrogen (secondary N) is 1. The van der Waals surface area contributed by atoms with Crippen molar-refractivity contribution in [3.8, 4) is 11.8 Å². The lowest BCUT2D eigenvalue weighted by Gasteiger charge is -2.35. The van der Waals surface area contributed by atoms with Crippen molar-refractivity contribution in [3.63, 3.8) is 0 Å². The molecular formula is C26H23N9O4. The Labute approximate surface area is 222 Å². The Morgan fingerprint density at radius 1 is 1.10 bits per heavy atom. The summed E-state index contributed by atoms with van der Waals surface area (Å²) >= 11 is 0. The number of hydrogen-bond donors (Lipinski definition) is 1. The summed E-state index contributed by atoms with van der Waals surface area (Å²) in [5, 5.41) is 19.8. The van der Waals surface area contributed by atoms with Crippen LogP contribution in [0.15, 0.2) is 42.7 Å². The number of piperazine rings is 1. The van der Waals surface area contributed by atoms with E-state index >= 15 is 0 Å². The first-order valence-electron chi connectivity index (χ1n) is 12.5. The topological polar surface area (TPSA) is 157 Å². The lowest BCUT2D eigenvalue weighted by Crippen LogP contribution is -2.52. The molecule has 2 saturated heterocycles. The van der Waals surface area contributed by atoms with Gasteiger partial charge >= 0.3 is 0 Å². The van der Waals surface area contributed by atoms with Gasteiger partial charge in [0.05, 0.1) is 17.4 Å². The van der Waals surface area contributed by atoms with Crippen LogP contribution >= 0.6 is 0 Å². The molecule has 196 valence electrons. The van der Waals surface area contributed by atoms with Crippen LogP contribution in [0.2, 0.25) is 0 Å². The quantitative estimate of drug-likeness (QED) is 0.472. The van der Waals surface area contributed by atoms with Gasteiger partial charge in [0.2, 0.25) is 11.8 Å². The lowest BCUT2D eigenvalue weighted by molar-refractivity contribution is -0.136. The zero-order valence-electron chi connectivity index (χ0n) is 20.8. The fraction of sp³-hybridized carbons (Fsp3) is 0.308. The predicted octanol–water partition coefficient (Wildman–Crippen LogP) is 0.257. The molecule has 0 bridgehead atoms. The molecule has 13 nitrogen and oxygen atoms in total. The molecule has 6 rings (SSSR count). The normalized spacial score (nSPS) is 19.1. The monoisotopic (exact) mass is 525 g/mol. The Bertz CT molecular complexity index is 1550. The van der Waals surface area contributed by atoms with Crippen LogP contribution < -0.4 is 10.2 Å². The van der Waals surface area contributed by atoms with E-state index in [4.69, 9.17) is 0 Å². The van der Waals surface area contributed by atoms with Crippen molar-refractivity contribution in [2.24, 2.45) is 0 Å². The minimum atomic E-state index is -0.689. The molecule has 2 aromatic heterocycles. The van der Waals surface area contributed by atoms with Gasteiger partial charge in [-0.15, -0.1) is 5.10 Å². The zero-order valence-corrected chi connectivity index (χ0v) is 20.8. The molecule has 1 aromatic carbocycles. The number of rotatable bonds is 4. The third-order valence-corrected chi connectivity index (χ3v) is 7.26. The number of hydrogen-bond acceptors (Lipinski definition) is 9. The summed E-state index contributed by atoms with van der Waals surface area (Å²) in [6.45, 7) is 2.21. The van der Waals surface area contributed by atoms with Gasteiger partial charge in [-0.3, -0.25) is 24.5 Å². The van der Waals surface area contributed by atoms with Crippen LogP contribution in [-0.4, -0.2) is 85.6 Å². The number of pyridine rings is 1. The van der Waals surface area contributed by atoms with Crippen LogP contribution in [0.25, 0.3) is 5.69 Å². The summed E-state index contributed by atoms with van der Waals surface area (Å²) in [6.07, 6.45) is 3.68. The van der Waals surface area contributed by atoms with E-state index in [0.717, 1.165) is 5.56 Å². The van der Waals surface area contributed by atoms with Crippen molar-refractivity contribution in [2.75, 3.05) is 31.1 Å². The van der Waals surface area contributed by atoms with Crippen molar-refractivity contribution >= 4 is 29.4 Å². The van der Waals surface area contributed by atoms with E-state index in [1.165, 1.54) is 9.58 Å². The lowest BCUT2D eigenvalue weighted by atomic mass is 10.0. The number of nitriles is 1. The number of anilines is 1. The van der Waals surface area contributed by atoms with Crippen molar-refractivity contribution in [3.05, 3.63) is 65.1 Å². The summed E-state index contributed by atoms with van der Waals surface area (Å²) in [5.74, 6) is -0.680. The molecule has 4 amide bonds. The Hall–Kier alpha value is -5.12. The van der Waals surface area contributed by atoms with Gasteiger partial charge < -0.3 is 14.7 Å². The van der Waals surface area contributed by atoms with Crippen molar-refractivity contribution in [2.45, 2.75) is 25.4 Å². The van der Waals surface area contributed by atoms with Gasteiger partial charge in [0.1, 0.15) is 17.9 Å². The first-order valence-corrected chi connectivity index (χ1v) is 12.5. The second-order valence-corrected chi connectivity index (χ2v) is 9.56. The number of carbonyl (C=O) groups is 4. The SMILES string of the molecule is N#Cc1cccnc1N1CCN(C(=O)c2cn(-c3ccc4c(c3)CN(C3CCC(=O)NC3=O)C4=O)nn2)CC1. The number of nitrogens with zero attached hydrogens (tertiary/aromatic N) is 8. The highest BCUT2D eigenvalue weighted by Gasteiger charge is 2.39. The molecule has 1 atom stereocenters.